The third kappa shape index (κ3) is 2.50. The maximum absolute atomic E-state index is 6.24. The molecule has 0 saturated heterocycles. The van der Waals surface area contributed by atoms with Crippen molar-refractivity contribution in [3.05, 3.63) is 70.6 Å². The Morgan fingerprint density at radius 1 is 1.00 bits per heavy atom. The van der Waals surface area contributed by atoms with E-state index in [4.69, 9.17) is 5.73 Å². The maximum atomic E-state index is 6.24. The lowest BCUT2D eigenvalue weighted by Gasteiger charge is -2.12. The molecule has 4 heteroatoms. The van der Waals surface area contributed by atoms with E-state index < -0.39 is 0 Å². The smallest absolute Gasteiger partial charge is 0.0741 e. The van der Waals surface area contributed by atoms with Crippen molar-refractivity contribution in [2.45, 2.75) is 6.04 Å². The number of para-hydroxylation sites is 1. The van der Waals surface area contributed by atoms with Gasteiger partial charge >= 0.3 is 0 Å². The zero-order valence-corrected chi connectivity index (χ0v) is 11.7. The molecule has 3 nitrogen and oxygen atoms in total. The van der Waals surface area contributed by atoms with Crippen molar-refractivity contribution in [1.29, 1.82) is 0 Å². The second kappa shape index (κ2) is 5.07. The van der Waals surface area contributed by atoms with E-state index in [0.29, 0.717) is 0 Å². The molecule has 0 radical (unpaired) electrons. The Kier molecular flexibility index (Phi) is 3.27. The number of halogens is 1. The first-order valence-electron chi connectivity index (χ1n) is 5.96. The molecule has 0 spiro atoms. The predicted octanol–water partition coefficient (Wildman–Crippen LogP) is 3.44. The van der Waals surface area contributed by atoms with Crippen molar-refractivity contribution >= 4 is 26.8 Å². The van der Waals surface area contributed by atoms with Gasteiger partial charge < -0.3 is 5.73 Å². The largest absolute Gasteiger partial charge is 0.319 e. The molecule has 0 saturated carbocycles. The molecule has 1 unspecified atom stereocenters. The van der Waals surface area contributed by atoms with Crippen LogP contribution in [0.3, 0.4) is 0 Å². The summed E-state index contributed by atoms with van der Waals surface area (Å²) in [5, 5.41) is 1.09. The Hall–Kier alpha value is -1.78. The lowest BCUT2D eigenvalue weighted by molar-refractivity contribution is 0.824. The molecule has 2 aromatic heterocycles. The van der Waals surface area contributed by atoms with Crippen molar-refractivity contribution in [2.75, 3.05) is 0 Å². The van der Waals surface area contributed by atoms with Crippen molar-refractivity contribution in [1.82, 2.24) is 9.97 Å². The van der Waals surface area contributed by atoms with Crippen LogP contribution in [0.1, 0.15) is 17.3 Å². The van der Waals surface area contributed by atoms with Gasteiger partial charge in [0.25, 0.3) is 0 Å². The highest BCUT2D eigenvalue weighted by Gasteiger charge is 2.11. The van der Waals surface area contributed by atoms with Gasteiger partial charge in [-0.25, -0.2) is 0 Å². The Bertz CT molecular complexity index is 710. The third-order valence-electron chi connectivity index (χ3n) is 3.04. The van der Waals surface area contributed by atoms with E-state index in [1.54, 1.807) is 6.20 Å². The number of pyridine rings is 2. The summed E-state index contributed by atoms with van der Waals surface area (Å²) in [6, 6.07) is 13.7. The third-order valence-corrected chi connectivity index (χ3v) is 3.51. The Morgan fingerprint density at radius 2 is 1.84 bits per heavy atom. The molecule has 3 rings (SSSR count). The van der Waals surface area contributed by atoms with Crippen molar-refractivity contribution in [3.8, 4) is 0 Å². The number of hydrogen-bond acceptors (Lipinski definition) is 3. The quantitative estimate of drug-likeness (QED) is 0.788. The van der Waals surface area contributed by atoms with Crippen molar-refractivity contribution < 1.29 is 0 Å². The van der Waals surface area contributed by atoms with Gasteiger partial charge in [-0.1, -0.05) is 18.2 Å². The average molecular weight is 314 g/mol. The summed E-state index contributed by atoms with van der Waals surface area (Å²) in [6.45, 7) is 0. The molecular weight excluding hydrogens is 302 g/mol. The molecule has 0 amide bonds. The van der Waals surface area contributed by atoms with Gasteiger partial charge in [0.05, 0.1) is 17.3 Å². The van der Waals surface area contributed by atoms with Gasteiger partial charge in [0, 0.05) is 22.3 Å². The van der Waals surface area contributed by atoms with E-state index in [2.05, 4.69) is 32.0 Å². The predicted molar refractivity (Wildman–Crippen MR) is 79.7 cm³/mol. The molecule has 0 aliphatic carbocycles. The van der Waals surface area contributed by atoms with E-state index in [-0.39, 0.29) is 6.04 Å². The van der Waals surface area contributed by atoms with Gasteiger partial charge in [0.1, 0.15) is 0 Å². The first kappa shape index (κ1) is 12.3. The molecule has 1 aromatic carbocycles. The van der Waals surface area contributed by atoms with Crippen molar-refractivity contribution in [3.63, 3.8) is 0 Å². The zero-order valence-electron chi connectivity index (χ0n) is 10.1. The molecule has 19 heavy (non-hydrogen) atoms. The molecule has 3 aromatic rings. The highest BCUT2D eigenvalue weighted by Crippen LogP contribution is 2.21. The van der Waals surface area contributed by atoms with Gasteiger partial charge in [0.2, 0.25) is 0 Å². The minimum atomic E-state index is -0.259. The molecule has 2 N–H and O–H groups in total. The number of fused-ring (bicyclic) bond motifs is 1. The zero-order chi connectivity index (χ0) is 13.2. The topological polar surface area (TPSA) is 51.8 Å². The molecular formula is C15H12BrN3. The molecule has 1 atom stereocenters. The van der Waals surface area contributed by atoms with Gasteiger partial charge in [0.15, 0.2) is 0 Å². The van der Waals surface area contributed by atoms with E-state index in [1.807, 2.05) is 42.6 Å². The Morgan fingerprint density at radius 3 is 2.63 bits per heavy atom. The van der Waals surface area contributed by atoms with E-state index >= 15 is 0 Å². The number of benzene rings is 1. The van der Waals surface area contributed by atoms with Crippen LogP contribution < -0.4 is 5.73 Å². The van der Waals surface area contributed by atoms with Crippen LogP contribution in [-0.2, 0) is 0 Å². The van der Waals surface area contributed by atoms with Gasteiger partial charge in [-0.3, -0.25) is 9.97 Å². The van der Waals surface area contributed by atoms with Crippen LogP contribution in [0.15, 0.2) is 59.3 Å². The van der Waals surface area contributed by atoms with Crippen LogP contribution in [0, 0.1) is 0 Å². The van der Waals surface area contributed by atoms with Crippen LogP contribution in [0.4, 0.5) is 0 Å². The van der Waals surface area contributed by atoms with Gasteiger partial charge in [-0.2, -0.15) is 0 Å². The molecule has 0 aliphatic heterocycles. The molecule has 0 fully saturated rings. The molecule has 0 bridgehead atoms. The highest BCUT2D eigenvalue weighted by molar-refractivity contribution is 9.10. The molecule has 0 aliphatic rings. The van der Waals surface area contributed by atoms with Crippen LogP contribution >= 0.6 is 15.9 Å². The number of nitrogens with two attached hydrogens (primary N) is 1. The standard InChI is InChI=1S/C15H12BrN3/c16-12-5-6-14(19-9-12)15(17)11-7-10-3-1-2-4-13(10)18-8-11/h1-9,15H,17H2. The minimum Gasteiger partial charge on any atom is -0.319 e. The normalized spacial score (nSPS) is 12.5. The first-order chi connectivity index (χ1) is 9.24. The summed E-state index contributed by atoms with van der Waals surface area (Å²) in [5.41, 5.74) is 9.01. The van der Waals surface area contributed by atoms with Gasteiger partial charge in [-0.05, 0) is 45.8 Å². The van der Waals surface area contributed by atoms with Gasteiger partial charge in [-0.15, -0.1) is 0 Å². The SMILES string of the molecule is NC(c1cnc2ccccc2c1)c1ccc(Br)cn1. The van der Waals surface area contributed by atoms with E-state index in [1.165, 1.54) is 0 Å². The summed E-state index contributed by atoms with van der Waals surface area (Å²) in [4.78, 5) is 8.76. The second-order valence-electron chi connectivity index (χ2n) is 4.34. The average Bonchev–Trinajstić information content (AvgIpc) is 2.47. The van der Waals surface area contributed by atoms with Crippen LogP contribution in [-0.4, -0.2) is 9.97 Å². The molecule has 94 valence electrons. The molecule has 2 heterocycles. The fourth-order valence-corrected chi connectivity index (χ4v) is 2.23. The minimum absolute atomic E-state index is 0.259. The number of hydrogen-bond donors (Lipinski definition) is 1. The van der Waals surface area contributed by atoms with Crippen LogP contribution in [0.25, 0.3) is 10.9 Å². The number of aromatic nitrogens is 2. The fourth-order valence-electron chi connectivity index (χ4n) is 2.00. The maximum Gasteiger partial charge on any atom is 0.0741 e. The first-order valence-corrected chi connectivity index (χ1v) is 6.75. The monoisotopic (exact) mass is 313 g/mol. The second-order valence-corrected chi connectivity index (χ2v) is 5.26. The lowest BCUT2D eigenvalue weighted by Crippen LogP contribution is -2.13. The highest BCUT2D eigenvalue weighted by atomic mass is 79.9. The Labute approximate surface area is 119 Å². The summed E-state index contributed by atoms with van der Waals surface area (Å²) in [5.74, 6) is 0. The van der Waals surface area contributed by atoms with E-state index in [9.17, 15) is 0 Å². The number of rotatable bonds is 2. The summed E-state index contributed by atoms with van der Waals surface area (Å²) in [6.07, 6.45) is 3.57. The van der Waals surface area contributed by atoms with Crippen LogP contribution in [0.2, 0.25) is 0 Å². The van der Waals surface area contributed by atoms with E-state index in [0.717, 1.165) is 26.6 Å². The summed E-state index contributed by atoms with van der Waals surface area (Å²) >= 11 is 3.37. The van der Waals surface area contributed by atoms with Crippen molar-refractivity contribution in [2.24, 2.45) is 5.73 Å². The fraction of sp³-hybridized carbons (Fsp3) is 0.0667. The lowest BCUT2D eigenvalue weighted by atomic mass is 10.0. The van der Waals surface area contributed by atoms with Crippen LogP contribution in [0.5, 0.6) is 0 Å². The Balaban J connectivity index is 2.01. The summed E-state index contributed by atoms with van der Waals surface area (Å²) < 4.78 is 0.945. The summed E-state index contributed by atoms with van der Waals surface area (Å²) in [7, 11) is 0. The number of nitrogens with zero attached hydrogens (tertiary/aromatic N) is 2.